The SMILES string of the molecule is C=C(C)/C(=C\CC)NCCNC.Cc1ccccc1. The van der Waals surface area contributed by atoms with E-state index in [0.717, 1.165) is 25.1 Å². The molecule has 1 aromatic carbocycles. The Bertz CT molecular complexity index is 366. The molecule has 2 nitrogen and oxygen atoms in total. The highest BCUT2D eigenvalue weighted by atomic mass is 14.9. The van der Waals surface area contributed by atoms with Gasteiger partial charge in [0.2, 0.25) is 0 Å². The molecule has 0 atom stereocenters. The highest BCUT2D eigenvalue weighted by Crippen LogP contribution is 2.02. The Morgan fingerprint density at radius 1 is 1.21 bits per heavy atom. The lowest BCUT2D eigenvalue weighted by Crippen LogP contribution is -2.24. The summed E-state index contributed by atoms with van der Waals surface area (Å²) in [4.78, 5) is 0. The highest BCUT2D eigenvalue weighted by molar-refractivity contribution is 5.24. The number of nitrogens with one attached hydrogen (secondary N) is 2. The standard InChI is InChI=1S/C10H20N2.C7H8/c1-5-6-10(9(2)3)12-8-7-11-4;1-7-5-3-2-4-6-7/h6,11-12H,2,5,7-8H2,1,3-4H3;2-6H,1H3/b10-6+;. The lowest BCUT2D eigenvalue weighted by Gasteiger charge is -2.09. The van der Waals surface area contributed by atoms with Crippen LogP contribution in [0.1, 0.15) is 25.8 Å². The van der Waals surface area contributed by atoms with Crippen LogP contribution in [0.5, 0.6) is 0 Å². The predicted octanol–water partition coefficient (Wildman–Crippen LogP) is 3.66. The van der Waals surface area contributed by atoms with E-state index in [1.54, 1.807) is 0 Å². The zero-order valence-electron chi connectivity index (χ0n) is 12.8. The zero-order chi connectivity index (χ0) is 14.5. The molecule has 1 rings (SSSR count). The number of likely N-dealkylation sites (N-methyl/N-ethyl adjacent to an activating group) is 1. The molecule has 106 valence electrons. The van der Waals surface area contributed by atoms with Crippen LogP contribution in [0.4, 0.5) is 0 Å². The van der Waals surface area contributed by atoms with E-state index in [1.807, 2.05) is 32.2 Å². The largest absolute Gasteiger partial charge is 0.384 e. The third-order valence-corrected chi connectivity index (χ3v) is 2.50. The van der Waals surface area contributed by atoms with Crippen molar-refractivity contribution in [1.29, 1.82) is 0 Å². The van der Waals surface area contributed by atoms with E-state index in [1.165, 1.54) is 11.3 Å². The summed E-state index contributed by atoms with van der Waals surface area (Å²) in [5, 5.41) is 6.40. The van der Waals surface area contributed by atoms with Gasteiger partial charge in [0.25, 0.3) is 0 Å². The molecule has 2 N–H and O–H groups in total. The van der Waals surface area contributed by atoms with Crippen molar-refractivity contribution in [3.05, 3.63) is 59.8 Å². The first-order valence-electron chi connectivity index (χ1n) is 6.88. The minimum Gasteiger partial charge on any atom is -0.384 e. The fourth-order valence-corrected chi connectivity index (χ4v) is 1.46. The van der Waals surface area contributed by atoms with Gasteiger partial charge in [-0.15, -0.1) is 0 Å². The second-order valence-corrected chi connectivity index (χ2v) is 4.49. The van der Waals surface area contributed by atoms with Gasteiger partial charge in [-0.3, -0.25) is 0 Å². The number of allylic oxidation sites excluding steroid dienone is 2. The van der Waals surface area contributed by atoms with Gasteiger partial charge in [0.15, 0.2) is 0 Å². The highest BCUT2D eigenvalue weighted by Gasteiger charge is 1.94. The Morgan fingerprint density at radius 3 is 2.21 bits per heavy atom. The van der Waals surface area contributed by atoms with E-state index < -0.39 is 0 Å². The molecule has 0 saturated carbocycles. The fourth-order valence-electron chi connectivity index (χ4n) is 1.46. The minimum atomic E-state index is 0.954. The van der Waals surface area contributed by atoms with E-state index in [0.29, 0.717) is 0 Å². The van der Waals surface area contributed by atoms with Crippen LogP contribution in [0, 0.1) is 6.92 Å². The average Bonchev–Trinajstić information content (AvgIpc) is 2.39. The Balaban J connectivity index is 0.000000388. The molecule has 0 unspecified atom stereocenters. The average molecular weight is 260 g/mol. The summed E-state index contributed by atoms with van der Waals surface area (Å²) in [7, 11) is 1.95. The molecule has 19 heavy (non-hydrogen) atoms. The van der Waals surface area contributed by atoms with Crippen LogP contribution in [0.2, 0.25) is 0 Å². The molecule has 2 heteroatoms. The van der Waals surface area contributed by atoms with Crippen molar-refractivity contribution >= 4 is 0 Å². The van der Waals surface area contributed by atoms with Crippen molar-refractivity contribution in [2.45, 2.75) is 27.2 Å². The molecule has 0 heterocycles. The lowest BCUT2D eigenvalue weighted by molar-refractivity contribution is 0.719. The van der Waals surface area contributed by atoms with Crippen LogP contribution in [-0.2, 0) is 0 Å². The smallest absolute Gasteiger partial charge is 0.0323 e. The third-order valence-electron chi connectivity index (χ3n) is 2.50. The molecule has 0 amide bonds. The summed E-state index contributed by atoms with van der Waals surface area (Å²) >= 11 is 0. The molecular weight excluding hydrogens is 232 g/mol. The van der Waals surface area contributed by atoms with E-state index in [2.05, 4.69) is 49.3 Å². The first-order chi connectivity index (χ1) is 9.11. The summed E-state index contributed by atoms with van der Waals surface area (Å²) in [6.07, 6.45) is 3.22. The van der Waals surface area contributed by atoms with E-state index in [-0.39, 0.29) is 0 Å². The van der Waals surface area contributed by atoms with Gasteiger partial charge in [0, 0.05) is 18.8 Å². The van der Waals surface area contributed by atoms with Gasteiger partial charge < -0.3 is 10.6 Å². The molecule has 0 fully saturated rings. The summed E-state index contributed by atoms with van der Waals surface area (Å²) < 4.78 is 0. The first-order valence-corrected chi connectivity index (χ1v) is 6.88. The molecule has 0 aromatic heterocycles. The molecule has 0 bridgehead atoms. The Hall–Kier alpha value is -1.54. The van der Waals surface area contributed by atoms with E-state index in [4.69, 9.17) is 0 Å². The third kappa shape index (κ3) is 10.1. The van der Waals surface area contributed by atoms with Crippen molar-refractivity contribution in [1.82, 2.24) is 10.6 Å². The molecule has 0 aliphatic carbocycles. The van der Waals surface area contributed by atoms with Gasteiger partial charge in [-0.05, 0) is 32.9 Å². The van der Waals surface area contributed by atoms with Crippen molar-refractivity contribution in [2.75, 3.05) is 20.1 Å². The maximum atomic E-state index is 3.90. The van der Waals surface area contributed by atoms with Crippen LogP contribution in [-0.4, -0.2) is 20.1 Å². The van der Waals surface area contributed by atoms with Crippen molar-refractivity contribution < 1.29 is 0 Å². The normalized spacial score (nSPS) is 10.4. The monoisotopic (exact) mass is 260 g/mol. The van der Waals surface area contributed by atoms with Crippen molar-refractivity contribution in [3.8, 4) is 0 Å². The quantitative estimate of drug-likeness (QED) is 0.602. The van der Waals surface area contributed by atoms with Crippen LogP contribution >= 0.6 is 0 Å². The fraction of sp³-hybridized carbons (Fsp3) is 0.412. The molecule has 1 aromatic rings. The molecule has 0 aliphatic rings. The van der Waals surface area contributed by atoms with Gasteiger partial charge in [0.05, 0.1) is 0 Å². The van der Waals surface area contributed by atoms with Gasteiger partial charge in [-0.1, -0.05) is 55.5 Å². The first kappa shape index (κ1) is 17.5. The molecular formula is C17H28N2. The summed E-state index contributed by atoms with van der Waals surface area (Å²) in [6.45, 7) is 12.1. The number of aryl methyl sites for hydroxylation is 1. The Morgan fingerprint density at radius 2 is 1.84 bits per heavy atom. The number of rotatable bonds is 6. The molecule has 0 spiro atoms. The van der Waals surface area contributed by atoms with Crippen LogP contribution in [0.3, 0.4) is 0 Å². The zero-order valence-corrected chi connectivity index (χ0v) is 12.8. The maximum absolute atomic E-state index is 3.90. The number of benzene rings is 1. The Kier molecular flexibility index (Phi) is 10.6. The van der Waals surface area contributed by atoms with E-state index >= 15 is 0 Å². The van der Waals surface area contributed by atoms with Crippen LogP contribution in [0.25, 0.3) is 0 Å². The second kappa shape index (κ2) is 11.5. The van der Waals surface area contributed by atoms with Gasteiger partial charge in [-0.2, -0.15) is 0 Å². The number of hydrogen-bond donors (Lipinski definition) is 2. The summed E-state index contributed by atoms with van der Waals surface area (Å²) in [6, 6.07) is 10.3. The Labute approximate surface area is 118 Å². The number of hydrogen-bond acceptors (Lipinski definition) is 2. The maximum Gasteiger partial charge on any atom is 0.0323 e. The molecule has 0 aliphatic heterocycles. The van der Waals surface area contributed by atoms with Gasteiger partial charge >= 0.3 is 0 Å². The van der Waals surface area contributed by atoms with Gasteiger partial charge in [0.1, 0.15) is 0 Å². The lowest BCUT2D eigenvalue weighted by atomic mass is 10.2. The second-order valence-electron chi connectivity index (χ2n) is 4.49. The summed E-state index contributed by atoms with van der Waals surface area (Å²) in [5.41, 5.74) is 3.60. The predicted molar refractivity (Wildman–Crippen MR) is 86.3 cm³/mol. The van der Waals surface area contributed by atoms with Crippen molar-refractivity contribution in [3.63, 3.8) is 0 Å². The van der Waals surface area contributed by atoms with Crippen LogP contribution < -0.4 is 10.6 Å². The summed E-state index contributed by atoms with van der Waals surface area (Å²) in [5.74, 6) is 0. The molecule has 0 saturated heterocycles. The van der Waals surface area contributed by atoms with Gasteiger partial charge in [-0.25, -0.2) is 0 Å². The topological polar surface area (TPSA) is 24.1 Å². The van der Waals surface area contributed by atoms with E-state index in [9.17, 15) is 0 Å². The van der Waals surface area contributed by atoms with Crippen molar-refractivity contribution in [2.24, 2.45) is 0 Å². The molecule has 0 radical (unpaired) electrons. The minimum absolute atomic E-state index is 0.954. The van der Waals surface area contributed by atoms with Crippen LogP contribution in [0.15, 0.2) is 54.3 Å².